The second-order valence-corrected chi connectivity index (χ2v) is 6.75. The van der Waals surface area contributed by atoms with Crippen LogP contribution in [0.5, 0.6) is 0 Å². The van der Waals surface area contributed by atoms with E-state index in [-0.39, 0.29) is 0 Å². The average Bonchev–Trinajstić information content (AvgIpc) is 2.46. The molecular formula is C15H23ClN2S. The van der Waals surface area contributed by atoms with Gasteiger partial charge in [0, 0.05) is 41.3 Å². The minimum absolute atomic E-state index is 0.750. The molecule has 1 saturated heterocycles. The van der Waals surface area contributed by atoms with E-state index in [0.29, 0.717) is 0 Å². The van der Waals surface area contributed by atoms with Crippen LogP contribution in [0.25, 0.3) is 0 Å². The summed E-state index contributed by atoms with van der Waals surface area (Å²) in [5, 5.41) is 5.00. The standard InChI is InChI=1S/C15H23ClN2S/c1-3-14-11-18(7-8-19-14)15-9-13(16)6-5-12(15)10-17-4-2/h5-6,9,14,17H,3-4,7-8,10-11H2,1-2H3. The van der Waals surface area contributed by atoms with E-state index < -0.39 is 0 Å². The number of hydrogen-bond acceptors (Lipinski definition) is 3. The number of rotatable bonds is 5. The van der Waals surface area contributed by atoms with Crippen molar-refractivity contribution >= 4 is 29.1 Å². The Hall–Kier alpha value is -0.380. The lowest BCUT2D eigenvalue weighted by atomic mass is 10.1. The third-order valence-corrected chi connectivity index (χ3v) is 5.15. The molecule has 2 nitrogen and oxygen atoms in total. The highest BCUT2D eigenvalue weighted by Gasteiger charge is 2.21. The highest BCUT2D eigenvalue weighted by molar-refractivity contribution is 8.00. The summed E-state index contributed by atoms with van der Waals surface area (Å²) in [6.07, 6.45) is 1.24. The molecule has 1 N–H and O–H groups in total. The van der Waals surface area contributed by atoms with E-state index in [2.05, 4.69) is 48.0 Å². The zero-order valence-electron chi connectivity index (χ0n) is 11.8. The zero-order valence-corrected chi connectivity index (χ0v) is 13.4. The molecule has 106 valence electrons. The van der Waals surface area contributed by atoms with Crippen LogP contribution in [0.3, 0.4) is 0 Å². The molecule has 2 rings (SSSR count). The number of nitrogens with zero attached hydrogens (tertiary/aromatic N) is 1. The summed E-state index contributed by atoms with van der Waals surface area (Å²) in [6.45, 7) is 8.60. The van der Waals surface area contributed by atoms with E-state index in [9.17, 15) is 0 Å². The van der Waals surface area contributed by atoms with Crippen molar-refractivity contribution < 1.29 is 0 Å². The molecule has 1 aliphatic rings. The molecule has 1 aliphatic heterocycles. The van der Waals surface area contributed by atoms with E-state index in [1.54, 1.807) is 0 Å². The molecular weight excluding hydrogens is 276 g/mol. The van der Waals surface area contributed by atoms with Crippen molar-refractivity contribution in [1.29, 1.82) is 0 Å². The first-order valence-electron chi connectivity index (χ1n) is 7.10. The molecule has 0 radical (unpaired) electrons. The molecule has 0 amide bonds. The number of benzene rings is 1. The van der Waals surface area contributed by atoms with Gasteiger partial charge >= 0.3 is 0 Å². The fraction of sp³-hybridized carbons (Fsp3) is 0.600. The Morgan fingerprint density at radius 2 is 2.26 bits per heavy atom. The monoisotopic (exact) mass is 298 g/mol. The highest BCUT2D eigenvalue weighted by atomic mass is 35.5. The second kappa shape index (κ2) is 7.41. The van der Waals surface area contributed by atoms with Crippen molar-refractivity contribution in [3.05, 3.63) is 28.8 Å². The van der Waals surface area contributed by atoms with Crippen LogP contribution in [-0.2, 0) is 6.54 Å². The summed E-state index contributed by atoms with van der Waals surface area (Å²) in [5.41, 5.74) is 2.67. The number of halogens is 1. The predicted molar refractivity (Wildman–Crippen MR) is 87.6 cm³/mol. The lowest BCUT2D eigenvalue weighted by molar-refractivity contribution is 0.702. The molecule has 1 aromatic rings. The van der Waals surface area contributed by atoms with Crippen molar-refractivity contribution in [2.75, 3.05) is 30.3 Å². The molecule has 1 aromatic carbocycles. The molecule has 0 aliphatic carbocycles. The van der Waals surface area contributed by atoms with E-state index >= 15 is 0 Å². The summed E-state index contributed by atoms with van der Waals surface area (Å²) < 4.78 is 0. The first-order chi connectivity index (χ1) is 9.24. The average molecular weight is 299 g/mol. The van der Waals surface area contributed by atoms with E-state index in [0.717, 1.165) is 36.5 Å². The summed E-state index contributed by atoms with van der Waals surface area (Å²) in [6, 6.07) is 6.27. The topological polar surface area (TPSA) is 15.3 Å². The molecule has 0 aromatic heterocycles. The van der Waals surface area contributed by atoms with Gasteiger partial charge in [0.1, 0.15) is 0 Å². The van der Waals surface area contributed by atoms with E-state index in [1.165, 1.54) is 23.4 Å². The Labute approximate surface area is 125 Å². The number of nitrogens with one attached hydrogen (secondary N) is 1. The van der Waals surface area contributed by atoms with E-state index in [1.807, 2.05) is 6.07 Å². The fourth-order valence-corrected chi connectivity index (χ4v) is 3.77. The van der Waals surface area contributed by atoms with Crippen LogP contribution in [0, 0.1) is 0 Å². The fourth-order valence-electron chi connectivity index (χ4n) is 2.43. The second-order valence-electron chi connectivity index (χ2n) is 4.90. The molecule has 1 atom stereocenters. The van der Waals surface area contributed by atoms with Crippen LogP contribution in [0.1, 0.15) is 25.8 Å². The third kappa shape index (κ3) is 4.04. The summed E-state index contributed by atoms with van der Waals surface area (Å²) in [5.74, 6) is 1.21. The van der Waals surface area contributed by atoms with Crippen LogP contribution in [-0.4, -0.2) is 30.6 Å². The van der Waals surface area contributed by atoms with Gasteiger partial charge in [0.25, 0.3) is 0 Å². The lowest BCUT2D eigenvalue weighted by Crippen LogP contribution is -2.38. The van der Waals surface area contributed by atoms with Crippen molar-refractivity contribution in [2.45, 2.75) is 32.1 Å². The maximum absolute atomic E-state index is 6.19. The van der Waals surface area contributed by atoms with E-state index in [4.69, 9.17) is 11.6 Å². The Morgan fingerprint density at radius 3 is 3.00 bits per heavy atom. The van der Waals surface area contributed by atoms with Gasteiger partial charge in [-0.15, -0.1) is 0 Å². The Bertz CT molecular complexity index is 411. The zero-order chi connectivity index (χ0) is 13.7. The largest absolute Gasteiger partial charge is 0.369 e. The van der Waals surface area contributed by atoms with Crippen LogP contribution >= 0.6 is 23.4 Å². The number of anilines is 1. The van der Waals surface area contributed by atoms with Gasteiger partial charge in [-0.2, -0.15) is 11.8 Å². The summed E-state index contributed by atoms with van der Waals surface area (Å²) in [4.78, 5) is 2.50. The Balaban J connectivity index is 2.18. The predicted octanol–water partition coefficient (Wildman–Crippen LogP) is 3.78. The maximum Gasteiger partial charge on any atom is 0.0427 e. The van der Waals surface area contributed by atoms with Crippen molar-refractivity contribution in [1.82, 2.24) is 5.32 Å². The van der Waals surface area contributed by atoms with Gasteiger partial charge in [0.15, 0.2) is 0 Å². The van der Waals surface area contributed by atoms with Gasteiger partial charge in [0.05, 0.1) is 0 Å². The molecule has 19 heavy (non-hydrogen) atoms. The smallest absolute Gasteiger partial charge is 0.0427 e. The highest BCUT2D eigenvalue weighted by Crippen LogP contribution is 2.30. The minimum atomic E-state index is 0.750. The molecule has 4 heteroatoms. The Morgan fingerprint density at radius 1 is 1.42 bits per heavy atom. The van der Waals surface area contributed by atoms with Gasteiger partial charge in [-0.1, -0.05) is 31.5 Å². The molecule has 1 heterocycles. The summed E-state index contributed by atoms with van der Waals surface area (Å²) >= 11 is 8.29. The third-order valence-electron chi connectivity index (χ3n) is 3.55. The van der Waals surface area contributed by atoms with Crippen LogP contribution in [0.15, 0.2) is 18.2 Å². The van der Waals surface area contributed by atoms with Gasteiger partial charge in [-0.25, -0.2) is 0 Å². The maximum atomic E-state index is 6.19. The van der Waals surface area contributed by atoms with Crippen molar-refractivity contribution in [2.24, 2.45) is 0 Å². The van der Waals surface area contributed by atoms with Crippen molar-refractivity contribution in [3.8, 4) is 0 Å². The quantitative estimate of drug-likeness (QED) is 0.890. The Kier molecular flexibility index (Phi) is 5.86. The van der Waals surface area contributed by atoms with Gasteiger partial charge in [-0.3, -0.25) is 0 Å². The van der Waals surface area contributed by atoms with Crippen LogP contribution in [0.4, 0.5) is 5.69 Å². The molecule has 0 saturated carbocycles. The SMILES string of the molecule is CCNCc1ccc(Cl)cc1N1CCSC(CC)C1. The normalized spacial score (nSPS) is 19.7. The van der Waals surface area contributed by atoms with Gasteiger partial charge in [0.2, 0.25) is 0 Å². The van der Waals surface area contributed by atoms with Crippen LogP contribution < -0.4 is 10.2 Å². The molecule has 0 spiro atoms. The van der Waals surface area contributed by atoms with Crippen LogP contribution in [0.2, 0.25) is 5.02 Å². The van der Waals surface area contributed by atoms with Crippen molar-refractivity contribution in [3.63, 3.8) is 0 Å². The molecule has 1 fully saturated rings. The first-order valence-corrected chi connectivity index (χ1v) is 8.53. The number of thioether (sulfide) groups is 1. The van der Waals surface area contributed by atoms with Gasteiger partial charge in [-0.05, 0) is 30.7 Å². The lowest BCUT2D eigenvalue weighted by Gasteiger charge is -2.35. The first kappa shape index (κ1) is 15.0. The van der Waals surface area contributed by atoms with Gasteiger partial charge < -0.3 is 10.2 Å². The molecule has 1 unspecified atom stereocenters. The number of hydrogen-bond donors (Lipinski definition) is 1. The minimum Gasteiger partial charge on any atom is -0.369 e. The molecule has 0 bridgehead atoms. The summed E-state index contributed by atoms with van der Waals surface area (Å²) in [7, 11) is 0.